The van der Waals surface area contributed by atoms with Crippen molar-refractivity contribution in [3.63, 3.8) is 0 Å². The summed E-state index contributed by atoms with van der Waals surface area (Å²) in [5, 5.41) is 3.34. The van der Waals surface area contributed by atoms with Gasteiger partial charge in [0.15, 0.2) is 5.75 Å². The van der Waals surface area contributed by atoms with Crippen molar-refractivity contribution in [1.29, 1.82) is 0 Å². The predicted molar refractivity (Wildman–Crippen MR) is 184 cm³/mol. The number of amides is 1. The lowest BCUT2D eigenvalue weighted by molar-refractivity contribution is -0.116. The first-order valence-electron chi connectivity index (χ1n) is 15.7. The highest BCUT2D eigenvalue weighted by Gasteiger charge is 2.24. The van der Waals surface area contributed by atoms with Crippen LogP contribution < -0.4 is 15.5 Å². The van der Waals surface area contributed by atoms with E-state index in [1.54, 1.807) is 29.7 Å². The van der Waals surface area contributed by atoms with Crippen LogP contribution in [0, 0.1) is 5.82 Å². The Kier molecular flexibility index (Phi) is 11.2. The van der Waals surface area contributed by atoms with Crippen molar-refractivity contribution < 1.29 is 23.5 Å². The average Bonchev–Trinajstić information content (AvgIpc) is 3.43. The topological polar surface area (TPSA) is 89.9 Å². The summed E-state index contributed by atoms with van der Waals surface area (Å²) in [6.45, 7) is 4.90. The van der Waals surface area contributed by atoms with Crippen molar-refractivity contribution in [2.24, 2.45) is 0 Å². The summed E-state index contributed by atoms with van der Waals surface area (Å²) < 4.78 is 27.0. The summed E-state index contributed by atoms with van der Waals surface area (Å²) in [7, 11) is 1.98. The molecule has 5 rings (SSSR count). The van der Waals surface area contributed by atoms with Crippen LogP contribution in [0.2, 0.25) is 0 Å². The Balaban J connectivity index is 1.65. The van der Waals surface area contributed by atoms with Crippen LogP contribution in [0.3, 0.4) is 0 Å². The molecule has 1 amide bonds. The lowest BCUT2D eigenvalue weighted by atomic mass is 10.0. The maximum Gasteiger partial charge on any atom is 0.514 e. The van der Waals surface area contributed by atoms with Crippen LogP contribution in [0.4, 0.5) is 14.9 Å². The third kappa shape index (κ3) is 8.33. The second kappa shape index (κ2) is 15.7. The molecule has 0 radical (unpaired) electrons. The Bertz CT molecular complexity index is 1900. The van der Waals surface area contributed by atoms with Crippen molar-refractivity contribution in [3.05, 3.63) is 118 Å². The van der Waals surface area contributed by atoms with Gasteiger partial charge in [0.25, 0.3) is 0 Å². The van der Waals surface area contributed by atoms with Gasteiger partial charge in [0, 0.05) is 35.6 Å². The van der Waals surface area contributed by atoms with Gasteiger partial charge in [0.1, 0.15) is 10.6 Å². The normalized spacial score (nSPS) is 11.2. The summed E-state index contributed by atoms with van der Waals surface area (Å²) in [6.07, 6.45) is 2.66. The van der Waals surface area contributed by atoms with Crippen molar-refractivity contribution in [2.45, 2.75) is 52.7 Å². The van der Waals surface area contributed by atoms with E-state index in [0.29, 0.717) is 41.0 Å². The lowest BCUT2D eigenvalue weighted by Gasteiger charge is -2.18. The minimum absolute atomic E-state index is 0.0380. The maximum absolute atomic E-state index is 14.9. The maximum atomic E-state index is 14.9. The van der Waals surface area contributed by atoms with Gasteiger partial charge < -0.3 is 19.4 Å². The molecule has 244 valence electrons. The number of anilines is 1. The fourth-order valence-electron chi connectivity index (χ4n) is 5.38. The number of hydrogen-bond donors (Lipinski definition) is 1. The molecule has 0 fully saturated rings. The van der Waals surface area contributed by atoms with Crippen LogP contribution >= 0.6 is 11.3 Å². The predicted octanol–water partition coefficient (Wildman–Crippen LogP) is 8.21. The third-order valence-electron chi connectivity index (χ3n) is 7.64. The molecule has 2 aromatic heterocycles. The number of carbonyl (C=O) groups excluding carboxylic acids is 2. The second-order valence-electron chi connectivity index (χ2n) is 11.3. The van der Waals surface area contributed by atoms with Gasteiger partial charge in [0.05, 0.1) is 24.7 Å². The fourth-order valence-corrected chi connectivity index (χ4v) is 6.67. The second-order valence-corrected chi connectivity index (χ2v) is 12.3. The first-order valence-corrected chi connectivity index (χ1v) is 16.5. The van der Waals surface area contributed by atoms with Gasteiger partial charge in [-0.3, -0.25) is 14.5 Å². The van der Waals surface area contributed by atoms with Crippen LogP contribution in [-0.4, -0.2) is 35.2 Å². The number of benzene rings is 3. The number of halogens is 1. The van der Waals surface area contributed by atoms with Gasteiger partial charge in [-0.1, -0.05) is 74.0 Å². The molecular weight excluding hydrogens is 617 g/mol. The number of hydrogen-bond acceptors (Lipinski definition) is 7. The Labute approximate surface area is 277 Å². The summed E-state index contributed by atoms with van der Waals surface area (Å²) in [5.74, 6) is -0.624. The summed E-state index contributed by atoms with van der Waals surface area (Å²) in [5.41, 5.74) is 3.37. The van der Waals surface area contributed by atoms with E-state index in [1.807, 2.05) is 68.6 Å². The Morgan fingerprint density at radius 2 is 1.68 bits per heavy atom. The molecular formula is C37H38FN3O5S. The summed E-state index contributed by atoms with van der Waals surface area (Å²) in [6, 6.07) is 24.0. The van der Waals surface area contributed by atoms with E-state index >= 15 is 0 Å². The molecule has 0 aliphatic rings. The van der Waals surface area contributed by atoms with Crippen molar-refractivity contribution in [1.82, 2.24) is 9.47 Å². The molecule has 0 aliphatic carbocycles. The highest BCUT2D eigenvalue weighted by atomic mass is 32.1. The molecule has 1 N–H and O–H groups in total. The molecule has 2 heterocycles. The van der Waals surface area contributed by atoms with Crippen molar-refractivity contribution >= 4 is 39.3 Å². The Morgan fingerprint density at radius 3 is 2.38 bits per heavy atom. The molecule has 10 heteroatoms. The zero-order valence-electron chi connectivity index (χ0n) is 26.8. The first-order chi connectivity index (χ1) is 22.8. The van der Waals surface area contributed by atoms with Gasteiger partial charge in [-0.15, -0.1) is 11.3 Å². The molecule has 0 spiro atoms. The standard InChI is InChI=1S/C37H38FN3O5S/c1-4-6-16-32(42)39-28-19-17-26(18-20-28)35-29(23-40(3)21-25-12-8-7-9-13-25)33-34(43)31(46-37(44)45-5-2)24-41(36(33)47-35)22-27-14-10-11-15-30(27)38/h7-15,17-20,24H,4-6,16,21-23H2,1-3H3,(H,39,42). The largest absolute Gasteiger partial charge is 0.514 e. The smallest absolute Gasteiger partial charge is 0.434 e. The van der Waals surface area contributed by atoms with E-state index in [1.165, 1.54) is 23.6 Å². The van der Waals surface area contributed by atoms with E-state index in [9.17, 15) is 18.8 Å². The Hall–Kier alpha value is -4.80. The zero-order chi connectivity index (χ0) is 33.3. The molecule has 47 heavy (non-hydrogen) atoms. The molecule has 0 saturated carbocycles. The van der Waals surface area contributed by atoms with Gasteiger partial charge in [-0.25, -0.2) is 9.18 Å². The van der Waals surface area contributed by atoms with Gasteiger partial charge in [-0.05, 0) is 55.3 Å². The average molecular weight is 656 g/mol. The van der Waals surface area contributed by atoms with Gasteiger partial charge in [0.2, 0.25) is 11.3 Å². The SMILES string of the molecule is CCCCC(=O)Nc1ccc(-c2sc3c(c2CN(C)Cc2ccccc2)c(=O)c(OC(=O)OCC)cn3Cc2ccccc2F)cc1. The van der Waals surface area contributed by atoms with Crippen LogP contribution in [-0.2, 0) is 29.2 Å². The molecule has 8 nitrogen and oxygen atoms in total. The number of nitrogens with zero attached hydrogens (tertiary/aromatic N) is 2. The monoisotopic (exact) mass is 655 g/mol. The van der Waals surface area contributed by atoms with Crippen LogP contribution in [0.1, 0.15) is 49.8 Å². The van der Waals surface area contributed by atoms with Gasteiger partial charge in [-0.2, -0.15) is 0 Å². The highest BCUT2D eigenvalue weighted by Crippen LogP contribution is 2.40. The molecule has 0 aliphatic heterocycles. The van der Waals surface area contributed by atoms with E-state index in [-0.39, 0.29) is 30.6 Å². The van der Waals surface area contributed by atoms with E-state index in [4.69, 9.17) is 9.47 Å². The number of rotatable bonds is 13. The number of pyridine rings is 1. The van der Waals surface area contributed by atoms with Crippen LogP contribution in [0.15, 0.2) is 89.9 Å². The van der Waals surface area contributed by atoms with Crippen LogP contribution in [0.5, 0.6) is 5.75 Å². The van der Waals surface area contributed by atoms with E-state index < -0.39 is 11.6 Å². The van der Waals surface area contributed by atoms with E-state index in [0.717, 1.165) is 34.4 Å². The molecule has 3 aromatic carbocycles. The number of fused-ring (bicyclic) bond motifs is 1. The number of thiophene rings is 1. The quantitative estimate of drug-likeness (QED) is 0.129. The minimum atomic E-state index is -0.990. The summed E-state index contributed by atoms with van der Waals surface area (Å²) >= 11 is 1.41. The molecule has 5 aromatic rings. The first kappa shape index (κ1) is 33.6. The van der Waals surface area contributed by atoms with Crippen molar-refractivity contribution in [2.75, 3.05) is 19.0 Å². The number of nitrogens with one attached hydrogen (secondary N) is 1. The van der Waals surface area contributed by atoms with Crippen molar-refractivity contribution in [3.8, 4) is 16.2 Å². The van der Waals surface area contributed by atoms with Crippen LogP contribution in [0.25, 0.3) is 20.7 Å². The Morgan fingerprint density at radius 1 is 0.957 bits per heavy atom. The molecule has 0 atom stereocenters. The van der Waals surface area contributed by atoms with Gasteiger partial charge >= 0.3 is 6.16 Å². The third-order valence-corrected chi connectivity index (χ3v) is 8.96. The molecule has 0 saturated heterocycles. The number of carbonyl (C=O) groups is 2. The van der Waals surface area contributed by atoms with E-state index in [2.05, 4.69) is 10.2 Å². The zero-order valence-corrected chi connectivity index (χ0v) is 27.6. The molecule has 0 bridgehead atoms. The number of ether oxygens (including phenoxy) is 2. The number of aromatic nitrogens is 1. The fraction of sp³-hybridized carbons (Fsp3) is 0.270. The lowest BCUT2D eigenvalue weighted by Crippen LogP contribution is -2.21. The molecule has 0 unspecified atom stereocenters. The highest BCUT2D eigenvalue weighted by molar-refractivity contribution is 7.22. The minimum Gasteiger partial charge on any atom is -0.434 e. The number of unbranched alkanes of at least 4 members (excludes halogenated alkanes) is 1. The summed E-state index contributed by atoms with van der Waals surface area (Å²) in [4.78, 5) is 42.4.